The van der Waals surface area contributed by atoms with Crippen LogP contribution in [0.15, 0.2) is 4.99 Å². The lowest BCUT2D eigenvalue weighted by Gasteiger charge is -2.20. The topological polar surface area (TPSA) is 24.8 Å². The maximum Gasteiger partial charge on any atom is 0.126 e. The van der Waals surface area contributed by atoms with E-state index in [9.17, 15) is 0 Å². The number of hydrogen-bond acceptors (Lipinski definition) is 3. The molecule has 0 bridgehead atoms. The molecule has 11 heavy (non-hydrogen) atoms. The normalized spacial score (nSPS) is 17.8. The number of nitrogens with zero attached hydrogens (tertiary/aromatic N) is 2. The number of amidine groups is 1. The van der Waals surface area contributed by atoms with Gasteiger partial charge in [-0.1, -0.05) is 13.8 Å². The van der Waals surface area contributed by atoms with Crippen molar-refractivity contribution in [3.8, 4) is 0 Å². The Labute approximate surface area is 68.0 Å². The second-order valence-corrected chi connectivity index (χ2v) is 2.91. The van der Waals surface area contributed by atoms with Crippen molar-refractivity contribution in [1.82, 2.24) is 5.06 Å². The molecular formula is C8H16N2O. The maximum absolute atomic E-state index is 5.38. The van der Waals surface area contributed by atoms with Gasteiger partial charge in [0, 0.05) is 5.92 Å². The summed E-state index contributed by atoms with van der Waals surface area (Å²) < 4.78 is 0. The SMILES string of the molecule is CCON1CCN=C1C(C)C. The lowest BCUT2D eigenvalue weighted by molar-refractivity contribution is -0.0878. The van der Waals surface area contributed by atoms with Crippen LogP contribution in [0.1, 0.15) is 20.8 Å². The first-order chi connectivity index (χ1) is 5.25. The fourth-order valence-corrected chi connectivity index (χ4v) is 1.21. The third kappa shape index (κ3) is 1.93. The van der Waals surface area contributed by atoms with Crippen LogP contribution in [-0.4, -0.2) is 30.6 Å². The van der Waals surface area contributed by atoms with Crippen LogP contribution in [0.25, 0.3) is 0 Å². The van der Waals surface area contributed by atoms with Gasteiger partial charge in [-0.25, -0.2) is 5.06 Å². The Morgan fingerprint density at radius 2 is 2.36 bits per heavy atom. The zero-order valence-corrected chi connectivity index (χ0v) is 7.50. The number of rotatable bonds is 3. The van der Waals surface area contributed by atoms with E-state index in [-0.39, 0.29) is 0 Å². The van der Waals surface area contributed by atoms with Crippen molar-refractivity contribution < 1.29 is 4.84 Å². The van der Waals surface area contributed by atoms with Gasteiger partial charge in [-0.05, 0) is 6.92 Å². The second kappa shape index (κ2) is 3.72. The minimum absolute atomic E-state index is 0.476. The van der Waals surface area contributed by atoms with E-state index in [1.807, 2.05) is 12.0 Å². The Balaban J connectivity index is 2.48. The monoisotopic (exact) mass is 156 g/mol. The molecule has 0 amide bonds. The predicted molar refractivity (Wildman–Crippen MR) is 45.5 cm³/mol. The van der Waals surface area contributed by atoms with Crippen molar-refractivity contribution in [2.75, 3.05) is 19.7 Å². The average molecular weight is 156 g/mol. The summed E-state index contributed by atoms with van der Waals surface area (Å²) in [7, 11) is 0. The molecule has 0 unspecified atom stereocenters. The van der Waals surface area contributed by atoms with Crippen LogP contribution in [0.4, 0.5) is 0 Å². The Hall–Kier alpha value is -0.570. The van der Waals surface area contributed by atoms with Crippen molar-refractivity contribution in [2.45, 2.75) is 20.8 Å². The van der Waals surface area contributed by atoms with Crippen LogP contribution in [0.2, 0.25) is 0 Å². The molecule has 1 heterocycles. The summed E-state index contributed by atoms with van der Waals surface area (Å²) in [6.45, 7) is 8.79. The minimum atomic E-state index is 0.476. The highest BCUT2D eigenvalue weighted by molar-refractivity contribution is 5.84. The first-order valence-corrected chi connectivity index (χ1v) is 4.20. The third-order valence-electron chi connectivity index (χ3n) is 1.63. The first-order valence-electron chi connectivity index (χ1n) is 4.20. The summed E-state index contributed by atoms with van der Waals surface area (Å²) in [4.78, 5) is 9.73. The number of aliphatic imine (C=N–C) groups is 1. The summed E-state index contributed by atoms with van der Waals surface area (Å²) in [5.41, 5.74) is 0. The molecule has 0 aliphatic carbocycles. The molecule has 0 atom stereocenters. The maximum atomic E-state index is 5.38. The first kappa shape index (κ1) is 8.53. The van der Waals surface area contributed by atoms with E-state index in [1.54, 1.807) is 0 Å². The lowest BCUT2D eigenvalue weighted by Crippen LogP contribution is -2.31. The van der Waals surface area contributed by atoms with Gasteiger partial charge in [0.15, 0.2) is 0 Å². The summed E-state index contributed by atoms with van der Waals surface area (Å²) >= 11 is 0. The summed E-state index contributed by atoms with van der Waals surface area (Å²) in [5.74, 6) is 1.57. The van der Waals surface area contributed by atoms with Crippen molar-refractivity contribution in [2.24, 2.45) is 10.9 Å². The van der Waals surface area contributed by atoms with Crippen LogP contribution in [0.5, 0.6) is 0 Å². The third-order valence-corrected chi connectivity index (χ3v) is 1.63. The summed E-state index contributed by atoms with van der Waals surface area (Å²) in [6, 6.07) is 0. The van der Waals surface area contributed by atoms with Crippen LogP contribution >= 0.6 is 0 Å². The van der Waals surface area contributed by atoms with Crippen LogP contribution in [0.3, 0.4) is 0 Å². The molecule has 1 aliphatic rings. The molecule has 0 radical (unpaired) electrons. The van der Waals surface area contributed by atoms with Crippen molar-refractivity contribution in [1.29, 1.82) is 0 Å². The second-order valence-electron chi connectivity index (χ2n) is 2.91. The molecule has 0 aromatic rings. The van der Waals surface area contributed by atoms with Crippen molar-refractivity contribution in [3.05, 3.63) is 0 Å². The predicted octanol–water partition coefficient (Wildman–Crippen LogP) is 1.31. The van der Waals surface area contributed by atoms with Gasteiger partial charge in [0.1, 0.15) is 5.84 Å². The lowest BCUT2D eigenvalue weighted by atomic mass is 10.2. The van der Waals surface area contributed by atoms with Crippen LogP contribution in [-0.2, 0) is 4.84 Å². The Kier molecular flexibility index (Phi) is 2.88. The van der Waals surface area contributed by atoms with Gasteiger partial charge in [-0.2, -0.15) is 0 Å². The van der Waals surface area contributed by atoms with Gasteiger partial charge < -0.3 is 0 Å². The van der Waals surface area contributed by atoms with Crippen molar-refractivity contribution >= 4 is 5.84 Å². The summed E-state index contributed by atoms with van der Waals surface area (Å²) in [5, 5.41) is 1.91. The molecule has 3 heteroatoms. The van der Waals surface area contributed by atoms with E-state index < -0.39 is 0 Å². The van der Waals surface area contributed by atoms with Crippen molar-refractivity contribution in [3.63, 3.8) is 0 Å². The van der Waals surface area contributed by atoms with Gasteiger partial charge >= 0.3 is 0 Å². The van der Waals surface area contributed by atoms with Gasteiger partial charge in [0.25, 0.3) is 0 Å². The Morgan fingerprint density at radius 1 is 1.64 bits per heavy atom. The average Bonchev–Trinajstić information content (AvgIpc) is 2.36. The van der Waals surface area contributed by atoms with Crippen LogP contribution < -0.4 is 0 Å². The van der Waals surface area contributed by atoms with Crippen LogP contribution in [0, 0.1) is 5.92 Å². The standard InChI is InChI=1S/C8H16N2O/c1-4-11-10-6-5-9-8(10)7(2)3/h7H,4-6H2,1-3H3. The van der Waals surface area contributed by atoms with Gasteiger partial charge in [0.05, 0.1) is 19.7 Å². The zero-order valence-electron chi connectivity index (χ0n) is 7.50. The van der Waals surface area contributed by atoms with Gasteiger partial charge in [-0.3, -0.25) is 9.83 Å². The Bertz CT molecular complexity index is 154. The van der Waals surface area contributed by atoms with Gasteiger partial charge in [0.2, 0.25) is 0 Å². The van der Waals surface area contributed by atoms with E-state index in [4.69, 9.17) is 4.84 Å². The highest BCUT2D eigenvalue weighted by Crippen LogP contribution is 2.09. The molecule has 3 nitrogen and oxygen atoms in total. The number of hydrogen-bond donors (Lipinski definition) is 0. The molecule has 1 aliphatic heterocycles. The van der Waals surface area contributed by atoms with Gasteiger partial charge in [-0.15, -0.1) is 0 Å². The molecule has 0 N–H and O–H groups in total. The molecular weight excluding hydrogens is 140 g/mol. The van der Waals surface area contributed by atoms with E-state index in [0.29, 0.717) is 5.92 Å². The van der Waals surface area contributed by atoms with E-state index in [0.717, 1.165) is 25.5 Å². The highest BCUT2D eigenvalue weighted by Gasteiger charge is 2.19. The molecule has 0 saturated carbocycles. The van der Waals surface area contributed by atoms with E-state index in [1.165, 1.54) is 0 Å². The molecule has 64 valence electrons. The fourth-order valence-electron chi connectivity index (χ4n) is 1.21. The number of hydroxylamine groups is 2. The Morgan fingerprint density at radius 3 is 2.91 bits per heavy atom. The molecule has 0 fully saturated rings. The molecule has 0 saturated heterocycles. The molecule has 0 spiro atoms. The highest BCUT2D eigenvalue weighted by atomic mass is 16.7. The molecule has 0 aromatic carbocycles. The molecule has 1 rings (SSSR count). The quantitative estimate of drug-likeness (QED) is 0.615. The molecule has 0 aromatic heterocycles. The summed E-state index contributed by atoms with van der Waals surface area (Å²) in [6.07, 6.45) is 0. The zero-order chi connectivity index (χ0) is 8.27. The fraction of sp³-hybridized carbons (Fsp3) is 0.875. The van der Waals surface area contributed by atoms with E-state index >= 15 is 0 Å². The van der Waals surface area contributed by atoms with E-state index in [2.05, 4.69) is 18.8 Å². The minimum Gasteiger partial charge on any atom is -0.273 e. The largest absolute Gasteiger partial charge is 0.273 e. The smallest absolute Gasteiger partial charge is 0.126 e.